The third kappa shape index (κ3) is 2.40. The minimum Gasteiger partial charge on any atom is -0.504 e. The van der Waals surface area contributed by atoms with Gasteiger partial charge in [0.25, 0.3) is 2.86 Å². The first kappa shape index (κ1) is 5.59. The number of benzene rings is 1. The Morgan fingerprint density at radius 1 is 1.10 bits per heavy atom. The van der Waals surface area contributed by atoms with Crippen LogP contribution in [0.3, 0.4) is 0 Å². The lowest BCUT2D eigenvalue weighted by atomic mass is 10.3. The smallest absolute Gasteiger partial charge is 0.293 e. The summed E-state index contributed by atoms with van der Waals surface area (Å²) in [5.74, 6) is 0.495. The van der Waals surface area contributed by atoms with Crippen molar-refractivity contribution >= 4 is 0 Å². The molecule has 1 rings (SSSR count). The Labute approximate surface area is 63.7 Å². The molecule has 0 atom stereocenters. The molecule has 0 radical (unpaired) electrons. The van der Waals surface area contributed by atoms with Gasteiger partial charge in [0.1, 0.15) is 0 Å². The lowest BCUT2D eigenvalue weighted by molar-refractivity contribution is 0.404. The predicted molar refractivity (Wildman–Crippen MR) is 41.1 cm³/mol. The third-order valence-corrected chi connectivity index (χ3v) is 0.849. The van der Waals surface area contributed by atoms with Gasteiger partial charge in [-0.3, -0.25) is 0 Å². The second-order valence-corrected chi connectivity index (χ2v) is 1.45. The van der Waals surface area contributed by atoms with Crippen LogP contribution >= 0.6 is 0 Å². The fourth-order valence-electron chi connectivity index (χ4n) is 0.450. The van der Waals surface area contributed by atoms with E-state index < -0.39 is 0 Å². The Bertz CT molecular complexity index is 193. The first-order valence-electron chi connectivity index (χ1n) is 4.05. The Morgan fingerprint density at radius 2 is 1.50 bits per heavy atom. The van der Waals surface area contributed by atoms with Gasteiger partial charge >= 0.3 is 0 Å². The van der Waals surface area contributed by atoms with Crippen LogP contribution in [0.5, 0.6) is 11.5 Å². The van der Waals surface area contributed by atoms with Crippen LogP contribution in [-0.2, 0) is 0 Å². The molecule has 0 aliphatic carbocycles. The molecule has 0 amide bonds. The normalized spacial score (nSPS) is 9.80. The standard InChI is InChI=1S/C6H6O2.C2H6/c7-5-3-1-2-4-6(5)8;1-2/h1-4,7-8H;1-2H3/i/hD2. The quantitative estimate of drug-likeness (QED) is 0.621. The van der Waals surface area contributed by atoms with Gasteiger partial charge in [0.05, 0.1) is 0 Å². The van der Waals surface area contributed by atoms with Crippen LogP contribution in [0, 0.1) is 0 Å². The monoisotopic (exact) mass is 142 g/mol. The fraction of sp³-hybridized carbons (Fsp3) is 0.250. The van der Waals surface area contributed by atoms with E-state index >= 15 is 0 Å². The molecule has 0 fully saturated rings. The fourth-order valence-corrected chi connectivity index (χ4v) is 0.450. The van der Waals surface area contributed by atoms with Crippen molar-refractivity contribution in [1.29, 1.82) is 2.86 Å². The highest BCUT2D eigenvalue weighted by Crippen LogP contribution is 2.21. The molecule has 10 heavy (non-hydrogen) atoms. The van der Waals surface area contributed by atoms with Gasteiger partial charge in [0.2, 0.25) is 0 Å². The molecule has 0 aliphatic heterocycles. The Hall–Kier alpha value is -1.18. The summed E-state index contributed by atoms with van der Waals surface area (Å²) in [7, 11) is 0. The highest BCUT2D eigenvalue weighted by Gasteiger charge is 1.90. The van der Waals surface area contributed by atoms with E-state index in [1.807, 2.05) is 13.8 Å². The summed E-state index contributed by atoms with van der Waals surface area (Å²) < 4.78 is 13.0. The number of hydrogen-bond acceptors (Lipinski definition) is 2. The molecule has 0 saturated heterocycles. The van der Waals surface area contributed by atoms with E-state index in [0.717, 1.165) is 0 Å². The van der Waals surface area contributed by atoms with Crippen molar-refractivity contribution in [3.8, 4) is 11.5 Å². The highest BCUT2D eigenvalue weighted by molar-refractivity contribution is 5.36. The van der Waals surface area contributed by atoms with Crippen molar-refractivity contribution in [2.75, 3.05) is 0 Å². The molecule has 0 heterocycles. The van der Waals surface area contributed by atoms with Crippen molar-refractivity contribution in [2.45, 2.75) is 13.8 Å². The van der Waals surface area contributed by atoms with E-state index in [-0.39, 0.29) is 11.5 Å². The van der Waals surface area contributed by atoms with E-state index in [4.69, 9.17) is 2.86 Å². The summed E-state index contributed by atoms with van der Waals surface area (Å²) in [5.41, 5.74) is 0. The van der Waals surface area contributed by atoms with Crippen LogP contribution in [0.1, 0.15) is 13.8 Å². The summed E-state index contributed by atoms with van der Waals surface area (Å²) in [5, 5.41) is 8.28. The number of phenolic OH excluding ortho intramolecular Hbond substituents is 2. The summed E-state index contributed by atoms with van der Waals surface area (Å²) in [6, 6.07) is 6.51. The summed E-state index contributed by atoms with van der Waals surface area (Å²) >= 11 is 0. The molecule has 0 aliphatic rings. The second kappa shape index (κ2) is 4.68. The predicted octanol–water partition coefficient (Wildman–Crippen LogP) is 2.12. The lowest BCUT2D eigenvalue weighted by Crippen LogP contribution is -1.63. The zero-order valence-electron chi connectivity index (χ0n) is 8.13. The molecule has 0 spiro atoms. The molecule has 0 bridgehead atoms. The average molecular weight is 142 g/mol. The van der Waals surface area contributed by atoms with E-state index in [1.54, 1.807) is 24.3 Å². The SMILES string of the molecule is CC.[2H]Oc1ccccc1O[2H]. The molecule has 1 aromatic rings. The van der Waals surface area contributed by atoms with Crippen molar-refractivity contribution in [3.63, 3.8) is 0 Å². The highest BCUT2D eigenvalue weighted by atomic mass is 16.3. The van der Waals surface area contributed by atoms with Crippen molar-refractivity contribution in [1.82, 2.24) is 0 Å². The molecule has 0 unspecified atom stereocenters. The molecule has 2 nitrogen and oxygen atoms in total. The van der Waals surface area contributed by atoms with Crippen molar-refractivity contribution in [3.05, 3.63) is 24.3 Å². The van der Waals surface area contributed by atoms with E-state index in [1.165, 1.54) is 0 Å². The summed E-state index contributed by atoms with van der Waals surface area (Å²) in [6.07, 6.45) is 0. The zero-order chi connectivity index (χ0) is 9.40. The lowest BCUT2D eigenvalue weighted by Gasteiger charge is -1.91. The van der Waals surface area contributed by atoms with Crippen molar-refractivity contribution in [2.24, 2.45) is 0 Å². The minimum atomic E-state index is 0.248. The third-order valence-electron chi connectivity index (χ3n) is 0.849. The number of phenols is 2. The van der Waals surface area contributed by atoms with E-state index in [0.29, 0.717) is 0 Å². The molecule has 2 N–H and O–H groups in total. The molecule has 0 saturated carbocycles. The van der Waals surface area contributed by atoms with Gasteiger partial charge in [-0.15, -0.1) is 0 Å². The number of para-hydroxylation sites is 2. The van der Waals surface area contributed by atoms with E-state index in [2.05, 4.69) is 10.2 Å². The summed E-state index contributed by atoms with van der Waals surface area (Å²) in [6.45, 7) is 4.00. The maximum absolute atomic E-state index is 6.52. The molecule has 1 aromatic carbocycles. The van der Waals surface area contributed by atoms with Crippen molar-refractivity contribution < 1.29 is 10.2 Å². The van der Waals surface area contributed by atoms with Gasteiger partial charge in [0, 0.05) is 0 Å². The first-order valence-corrected chi connectivity index (χ1v) is 3.24. The maximum atomic E-state index is 6.52. The van der Waals surface area contributed by atoms with Gasteiger partial charge in [-0.2, -0.15) is 0 Å². The maximum Gasteiger partial charge on any atom is 0.293 e. The number of aromatic hydroxyl groups is 2. The largest absolute Gasteiger partial charge is 0.504 e. The molecular weight excluding hydrogens is 128 g/mol. The van der Waals surface area contributed by atoms with Gasteiger partial charge in [-0.25, -0.2) is 0 Å². The topological polar surface area (TPSA) is 40.5 Å². The second-order valence-electron chi connectivity index (χ2n) is 1.45. The number of rotatable bonds is 2. The molecule has 56 valence electrons. The first-order chi connectivity index (χ1) is 5.88. The van der Waals surface area contributed by atoms with Crippen LogP contribution in [-0.4, -0.2) is 13.1 Å². The van der Waals surface area contributed by atoms with Gasteiger partial charge < -0.3 is 10.2 Å². The van der Waals surface area contributed by atoms with Gasteiger partial charge in [0.15, 0.2) is 11.5 Å². The van der Waals surface area contributed by atoms with Crippen LogP contribution < -0.4 is 0 Å². The van der Waals surface area contributed by atoms with Crippen LogP contribution in [0.15, 0.2) is 24.3 Å². The van der Waals surface area contributed by atoms with E-state index in [9.17, 15) is 0 Å². The minimum absolute atomic E-state index is 0.248. The van der Waals surface area contributed by atoms with Crippen LogP contribution in [0.2, 0.25) is 0 Å². The Balaban J connectivity index is 0.000000561. The molecular formula is C8H12O2. The molecule has 2 heteroatoms. The van der Waals surface area contributed by atoms with Gasteiger partial charge in [-0.05, 0) is 12.1 Å². The zero-order valence-corrected chi connectivity index (χ0v) is 6.13. The van der Waals surface area contributed by atoms with Crippen LogP contribution in [0.25, 0.3) is 0 Å². The Kier molecular flexibility index (Phi) is 2.62. The number of hydrogen-bond donors (Lipinski definition) is 2. The van der Waals surface area contributed by atoms with Crippen LogP contribution in [0.4, 0.5) is 0 Å². The van der Waals surface area contributed by atoms with Gasteiger partial charge in [-0.1, -0.05) is 26.0 Å². The Morgan fingerprint density at radius 3 is 1.80 bits per heavy atom. The summed E-state index contributed by atoms with van der Waals surface area (Å²) in [4.78, 5) is 0. The average Bonchev–Trinajstić information content (AvgIpc) is 2.20. The molecule has 0 aromatic heterocycles.